The largest absolute Gasteiger partial charge is 0.493 e. The summed E-state index contributed by atoms with van der Waals surface area (Å²) in [5, 5.41) is 9.87. The minimum Gasteiger partial charge on any atom is -0.493 e. The molecule has 112 valence electrons. The monoisotopic (exact) mass is 298 g/mol. The van der Waals surface area contributed by atoms with Gasteiger partial charge in [-0.3, -0.25) is 0 Å². The molecule has 1 aliphatic rings. The predicted octanol–water partition coefficient (Wildman–Crippen LogP) is 2.26. The van der Waals surface area contributed by atoms with E-state index >= 15 is 0 Å². The summed E-state index contributed by atoms with van der Waals surface area (Å²) in [6.07, 6.45) is 2.99. The molecular formula is C15H22O4S. The first-order valence-electron chi connectivity index (χ1n) is 7.16. The van der Waals surface area contributed by atoms with Crippen LogP contribution in [0.1, 0.15) is 43.4 Å². The third-order valence-corrected chi connectivity index (χ3v) is 5.39. The van der Waals surface area contributed by atoms with Crippen molar-refractivity contribution in [1.29, 1.82) is 0 Å². The molecule has 0 saturated heterocycles. The molecule has 20 heavy (non-hydrogen) atoms. The highest BCUT2D eigenvalue weighted by atomic mass is 32.2. The molecular weight excluding hydrogens is 276 g/mol. The number of sulfone groups is 1. The van der Waals surface area contributed by atoms with Crippen LogP contribution in [-0.4, -0.2) is 31.6 Å². The molecule has 1 aromatic carbocycles. The quantitative estimate of drug-likeness (QED) is 0.875. The second-order valence-corrected chi connectivity index (χ2v) is 7.57. The normalized spacial score (nSPS) is 18.6. The molecule has 0 aliphatic heterocycles. The molecule has 4 nitrogen and oxygen atoms in total. The molecule has 1 atom stereocenters. The fourth-order valence-electron chi connectivity index (χ4n) is 2.55. The fraction of sp³-hybridized carbons (Fsp3) is 0.600. The van der Waals surface area contributed by atoms with Crippen LogP contribution in [-0.2, 0) is 16.3 Å². The van der Waals surface area contributed by atoms with Gasteiger partial charge in [-0.05, 0) is 48.9 Å². The topological polar surface area (TPSA) is 63.6 Å². The maximum absolute atomic E-state index is 11.6. The Bertz CT molecular complexity index is 551. The van der Waals surface area contributed by atoms with E-state index in [1.807, 2.05) is 19.1 Å². The van der Waals surface area contributed by atoms with Crippen LogP contribution in [0.5, 0.6) is 5.75 Å². The summed E-state index contributed by atoms with van der Waals surface area (Å²) in [7, 11) is -2.99. The van der Waals surface area contributed by atoms with E-state index in [2.05, 4.69) is 0 Å². The van der Waals surface area contributed by atoms with E-state index in [1.165, 1.54) is 0 Å². The summed E-state index contributed by atoms with van der Waals surface area (Å²) in [6.45, 7) is 2.04. The highest BCUT2D eigenvalue weighted by Gasteiger charge is 2.18. The van der Waals surface area contributed by atoms with Crippen molar-refractivity contribution < 1.29 is 18.3 Å². The molecule has 0 bridgehead atoms. The van der Waals surface area contributed by atoms with Gasteiger partial charge >= 0.3 is 0 Å². The predicted molar refractivity (Wildman–Crippen MR) is 78.8 cm³/mol. The molecule has 1 aromatic rings. The van der Waals surface area contributed by atoms with Crippen molar-refractivity contribution in [3.05, 3.63) is 29.3 Å². The molecule has 0 fully saturated rings. The van der Waals surface area contributed by atoms with E-state index in [4.69, 9.17) is 4.74 Å². The summed E-state index contributed by atoms with van der Waals surface area (Å²) < 4.78 is 28.7. The average molecular weight is 298 g/mol. The second kappa shape index (κ2) is 6.59. The van der Waals surface area contributed by atoms with Gasteiger partial charge < -0.3 is 9.84 Å². The zero-order valence-electron chi connectivity index (χ0n) is 11.8. The molecule has 0 radical (unpaired) electrons. The first-order chi connectivity index (χ1) is 9.52. The van der Waals surface area contributed by atoms with E-state index in [-0.39, 0.29) is 24.2 Å². The number of hydrogen-bond acceptors (Lipinski definition) is 4. The van der Waals surface area contributed by atoms with Crippen LogP contribution in [0.2, 0.25) is 0 Å². The van der Waals surface area contributed by atoms with E-state index in [9.17, 15) is 13.5 Å². The van der Waals surface area contributed by atoms with E-state index < -0.39 is 9.84 Å². The number of aryl methyl sites for hydroxylation is 1. The number of rotatable bonds is 6. The number of fused-ring (bicyclic) bond motifs is 1. The standard InChI is InChI=1S/C15H22O4S/c1-2-9-20(17,18)10-8-19-13-6-7-14-12(11-13)4-3-5-15(14)16/h6-7,11,15-16H,2-5,8-10H2,1H3. The Morgan fingerprint density at radius 3 is 2.90 bits per heavy atom. The average Bonchev–Trinajstić information content (AvgIpc) is 2.38. The summed E-state index contributed by atoms with van der Waals surface area (Å²) in [6, 6.07) is 5.61. The lowest BCUT2D eigenvalue weighted by Crippen LogP contribution is -2.17. The van der Waals surface area contributed by atoms with Crippen molar-refractivity contribution in [1.82, 2.24) is 0 Å². The molecule has 1 N–H and O–H groups in total. The van der Waals surface area contributed by atoms with Gasteiger partial charge in [-0.25, -0.2) is 8.42 Å². The second-order valence-electron chi connectivity index (χ2n) is 5.27. The minimum atomic E-state index is -2.99. The molecule has 0 heterocycles. The molecule has 5 heteroatoms. The number of ether oxygens (including phenoxy) is 1. The number of aliphatic hydroxyl groups excluding tert-OH is 1. The van der Waals surface area contributed by atoms with E-state index in [0.29, 0.717) is 12.2 Å². The molecule has 0 spiro atoms. The van der Waals surface area contributed by atoms with Crippen molar-refractivity contribution in [2.24, 2.45) is 0 Å². The van der Waals surface area contributed by atoms with Gasteiger partial charge in [0, 0.05) is 0 Å². The Labute approximate surface area is 120 Å². The van der Waals surface area contributed by atoms with Crippen LogP contribution in [0.4, 0.5) is 0 Å². The van der Waals surface area contributed by atoms with Crippen molar-refractivity contribution in [3.63, 3.8) is 0 Å². The van der Waals surface area contributed by atoms with Crippen LogP contribution >= 0.6 is 0 Å². The highest BCUT2D eigenvalue weighted by molar-refractivity contribution is 7.91. The Kier molecular flexibility index (Phi) is 5.05. The van der Waals surface area contributed by atoms with Gasteiger partial charge in [0.1, 0.15) is 12.4 Å². The molecule has 1 unspecified atom stereocenters. The van der Waals surface area contributed by atoms with Crippen LogP contribution in [0.3, 0.4) is 0 Å². The lowest BCUT2D eigenvalue weighted by Gasteiger charge is -2.21. The van der Waals surface area contributed by atoms with E-state index in [0.717, 1.165) is 30.4 Å². The van der Waals surface area contributed by atoms with Crippen LogP contribution in [0.15, 0.2) is 18.2 Å². The van der Waals surface area contributed by atoms with Crippen molar-refractivity contribution in [2.45, 2.75) is 38.7 Å². The van der Waals surface area contributed by atoms with Gasteiger partial charge in [0.25, 0.3) is 0 Å². The van der Waals surface area contributed by atoms with Gasteiger partial charge in [0.15, 0.2) is 9.84 Å². The third-order valence-electron chi connectivity index (χ3n) is 3.58. The van der Waals surface area contributed by atoms with Crippen molar-refractivity contribution in [3.8, 4) is 5.75 Å². The molecule has 0 aromatic heterocycles. The van der Waals surface area contributed by atoms with Gasteiger partial charge in [-0.1, -0.05) is 13.0 Å². The Hall–Kier alpha value is -1.07. The van der Waals surface area contributed by atoms with E-state index in [1.54, 1.807) is 6.07 Å². The van der Waals surface area contributed by atoms with Gasteiger partial charge in [0.05, 0.1) is 17.6 Å². The maximum Gasteiger partial charge on any atom is 0.153 e. The summed E-state index contributed by atoms with van der Waals surface area (Å²) in [5.74, 6) is 0.956. The first-order valence-corrected chi connectivity index (χ1v) is 8.98. The number of aliphatic hydroxyl groups is 1. The molecule has 0 saturated carbocycles. The Morgan fingerprint density at radius 1 is 1.35 bits per heavy atom. The number of benzene rings is 1. The zero-order valence-corrected chi connectivity index (χ0v) is 12.7. The maximum atomic E-state index is 11.6. The number of hydrogen-bond donors (Lipinski definition) is 1. The highest BCUT2D eigenvalue weighted by Crippen LogP contribution is 2.31. The smallest absolute Gasteiger partial charge is 0.153 e. The Morgan fingerprint density at radius 2 is 2.15 bits per heavy atom. The lowest BCUT2D eigenvalue weighted by molar-refractivity contribution is 0.156. The molecule has 0 amide bonds. The van der Waals surface area contributed by atoms with Gasteiger partial charge in [-0.2, -0.15) is 0 Å². The molecule has 2 rings (SSSR count). The SMILES string of the molecule is CCCS(=O)(=O)CCOc1ccc2c(c1)CCCC2O. The Balaban J connectivity index is 1.94. The van der Waals surface area contributed by atoms with Crippen LogP contribution in [0, 0.1) is 0 Å². The zero-order chi connectivity index (χ0) is 14.6. The summed E-state index contributed by atoms with van der Waals surface area (Å²) in [5.41, 5.74) is 2.08. The fourth-order valence-corrected chi connectivity index (χ4v) is 3.72. The van der Waals surface area contributed by atoms with Crippen LogP contribution < -0.4 is 4.74 Å². The van der Waals surface area contributed by atoms with Gasteiger partial charge in [-0.15, -0.1) is 0 Å². The lowest BCUT2D eigenvalue weighted by atomic mass is 9.89. The third kappa shape index (κ3) is 3.96. The summed E-state index contributed by atoms with van der Waals surface area (Å²) in [4.78, 5) is 0. The minimum absolute atomic E-state index is 0.0561. The van der Waals surface area contributed by atoms with Crippen LogP contribution in [0.25, 0.3) is 0 Å². The van der Waals surface area contributed by atoms with Crippen molar-refractivity contribution in [2.75, 3.05) is 18.1 Å². The van der Waals surface area contributed by atoms with Crippen molar-refractivity contribution >= 4 is 9.84 Å². The summed E-state index contributed by atoms with van der Waals surface area (Å²) >= 11 is 0. The first kappa shape index (κ1) is 15.3. The van der Waals surface area contributed by atoms with Gasteiger partial charge in [0.2, 0.25) is 0 Å². The molecule has 1 aliphatic carbocycles.